The fraction of sp³-hybridized carbons (Fsp3) is 0.639. The molecule has 0 radical (unpaired) electrons. The van der Waals surface area contributed by atoms with E-state index in [1.54, 1.807) is 0 Å². The summed E-state index contributed by atoms with van der Waals surface area (Å²) in [5.74, 6) is 1.08. The number of halogens is 3. The predicted molar refractivity (Wildman–Crippen MR) is 185 cm³/mol. The maximum absolute atomic E-state index is 11.1. The summed E-state index contributed by atoms with van der Waals surface area (Å²) in [6, 6.07) is 16.7. The minimum absolute atomic E-state index is 0.140. The van der Waals surface area contributed by atoms with Crippen molar-refractivity contribution in [3.8, 4) is 11.5 Å². The SMILES string of the molecule is Cc1ccc(OCCC(CCCCCCCC(Cl)(Cl)C(=O)O)C(CCCCCCCCCBr)Oc2ccc(C)cc2)cc1. The van der Waals surface area contributed by atoms with Gasteiger partial charge in [-0.15, -0.1) is 0 Å². The standard InChI is InChI=1S/C36H53BrCl2O4/c1-29-17-21-32(22-18-29)42-28-25-31(15-11-7-6-9-13-26-36(38,39)35(40)41)34(43-33-23-19-30(2)20-24-33)16-12-8-4-3-5-10-14-27-37/h17-24,31,34H,3-16,25-28H2,1-2H3,(H,40,41). The number of alkyl halides is 3. The normalized spacial score (nSPS) is 13.0. The topological polar surface area (TPSA) is 55.8 Å². The molecule has 0 spiro atoms. The van der Waals surface area contributed by atoms with Crippen molar-refractivity contribution in [2.45, 2.75) is 127 Å². The molecule has 2 aromatic carbocycles. The van der Waals surface area contributed by atoms with Crippen LogP contribution >= 0.6 is 39.1 Å². The zero-order chi connectivity index (χ0) is 31.3. The van der Waals surface area contributed by atoms with Crippen LogP contribution in [0.2, 0.25) is 0 Å². The van der Waals surface area contributed by atoms with Crippen LogP contribution in [0.15, 0.2) is 48.5 Å². The lowest BCUT2D eigenvalue weighted by Gasteiger charge is -2.29. The van der Waals surface area contributed by atoms with Gasteiger partial charge in [0.25, 0.3) is 0 Å². The number of aliphatic carboxylic acids is 1. The number of unbranched alkanes of at least 4 members (excludes halogenated alkanes) is 10. The lowest BCUT2D eigenvalue weighted by atomic mass is 9.88. The molecule has 0 aliphatic heterocycles. The fourth-order valence-electron chi connectivity index (χ4n) is 5.38. The molecule has 2 atom stereocenters. The Bertz CT molecular complexity index is 997. The van der Waals surface area contributed by atoms with Crippen LogP contribution in [0.25, 0.3) is 0 Å². The molecule has 0 amide bonds. The number of benzene rings is 2. The number of ether oxygens (including phenoxy) is 2. The van der Waals surface area contributed by atoms with Crippen LogP contribution in [-0.4, -0.2) is 33.5 Å². The quantitative estimate of drug-likeness (QED) is 0.0828. The molecule has 43 heavy (non-hydrogen) atoms. The molecule has 4 nitrogen and oxygen atoms in total. The van der Waals surface area contributed by atoms with Crippen molar-refractivity contribution in [2.75, 3.05) is 11.9 Å². The summed E-state index contributed by atoms with van der Waals surface area (Å²) in [6.07, 6.45) is 17.2. The Balaban J connectivity index is 1.97. The largest absolute Gasteiger partial charge is 0.494 e. The van der Waals surface area contributed by atoms with E-state index in [9.17, 15) is 4.79 Å². The first kappa shape index (κ1) is 37.8. The van der Waals surface area contributed by atoms with Crippen molar-refractivity contribution >= 4 is 45.1 Å². The first-order valence-corrected chi connectivity index (χ1v) is 18.2. The summed E-state index contributed by atoms with van der Waals surface area (Å²) >= 11 is 15.3. The van der Waals surface area contributed by atoms with Gasteiger partial charge in [0, 0.05) is 5.33 Å². The number of aryl methyl sites for hydroxylation is 2. The monoisotopic (exact) mass is 698 g/mol. The second-order valence-corrected chi connectivity index (χ2v) is 14.2. The maximum Gasteiger partial charge on any atom is 0.340 e. The van der Waals surface area contributed by atoms with Gasteiger partial charge < -0.3 is 14.6 Å². The van der Waals surface area contributed by atoms with Gasteiger partial charge in [-0.1, -0.05) is 132 Å². The molecule has 0 aromatic heterocycles. The highest BCUT2D eigenvalue weighted by Gasteiger charge is 2.32. The zero-order valence-electron chi connectivity index (χ0n) is 26.3. The van der Waals surface area contributed by atoms with Crippen molar-refractivity contribution in [3.63, 3.8) is 0 Å². The summed E-state index contributed by atoms with van der Waals surface area (Å²) in [4.78, 5) is 11.1. The lowest BCUT2D eigenvalue weighted by Crippen LogP contribution is -2.29. The number of hydrogen-bond acceptors (Lipinski definition) is 3. The Kier molecular flexibility index (Phi) is 19.4. The average Bonchev–Trinajstić information content (AvgIpc) is 2.98. The minimum atomic E-state index is -1.68. The molecule has 2 unspecified atom stereocenters. The van der Waals surface area contributed by atoms with Gasteiger partial charge in [-0.2, -0.15) is 0 Å². The Labute approximate surface area is 279 Å². The van der Waals surface area contributed by atoms with E-state index in [-0.39, 0.29) is 12.5 Å². The highest BCUT2D eigenvalue weighted by atomic mass is 79.9. The number of carboxylic acid groups (broad SMARTS) is 1. The molecule has 0 saturated carbocycles. The zero-order valence-corrected chi connectivity index (χ0v) is 29.4. The molecule has 0 fully saturated rings. The third kappa shape index (κ3) is 17.0. The molecule has 0 aliphatic rings. The van der Waals surface area contributed by atoms with Crippen LogP contribution in [0.1, 0.15) is 114 Å². The van der Waals surface area contributed by atoms with E-state index >= 15 is 0 Å². The van der Waals surface area contributed by atoms with Crippen LogP contribution < -0.4 is 9.47 Å². The number of rotatable bonds is 25. The van der Waals surface area contributed by atoms with E-state index in [0.717, 1.165) is 61.8 Å². The lowest BCUT2D eigenvalue weighted by molar-refractivity contribution is -0.138. The van der Waals surface area contributed by atoms with Gasteiger partial charge in [-0.3, -0.25) is 0 Å². The minimum Gasteiger partial charge on any atom is -0.494 e. The summed E-state index contributed by atoms with van der Waals surface area (Å²) in [7, 11) is 0. The third-order valence-corrected chi connectivity index (χ3v) is 9.38. The highest BCUT2D eigenvalue weighted by molar-refractivity contribution is 9.09. The molecule has 0 bridgehead atoms. The maximum atomic E-state index is 11.1. The van der Waals surface area contributed by atoms with Crippen LogP contribution in [0.3, 0.4) is 0 Å². The molecule has 0 aliphatic carbocycles. The van der Waals surface area contributed by atoms with Crippen LogP contribution in [0, 0.1) is 19.8 Å². The van der Waals surface area contributed by atoms with Gasteiger partial charge in [0.1, 0.15) is 17.6 Å². The summed E-state index contributed by atoms with van der Waals surface area (Å²) in [5, 5.41) is 10.2. The van der Waals surface area contributed by atoms with Crippen molar-refractivity contribution in [1.82, 2.24) is 0 Å². The van der Waals surface area contributed by atoms with Gasteiger partial charge in [0.05, 0.1) is 6.61 Å². The van der Waals surface area contributed by atoms with Gasteiger partial charge in [0.15, 0.2) is 0 Å². The van der Waals surface area contributed by atoms with Gasteiger partial charge >= 0.3 is 5.97 Å². The fourth-order valence-corrected chi connectivity index (χ4v) is 6.04. The van der Waals surface area contributed by atoms with E-state index in [1.807, 2.05) is 12.1 Å². The number of carbonyl (C=O) groups is 1. The van der Waals surface area contributed by atoms with Crippen LogP contribution in [0.5, 0.6) is 11.5 Å². The highest BCUT2D eigenvalue weighted by Crippen LogP contribution is 2.30. The molecule has 2 rings (SSSR count). The van der Waals surface area contributed by atoms with E-state index in [1.165, 1.54) is 56.1 Å². The van der Waals surface area contributed by atoms with Gasteiger partial charge in [0.2, 0.25) is 4.33 Å². The van der Waals surface area contributed by atoms with Crippen molar-refractivity contribution in [2.24, 2.45) is 5.92 Å². The Morgan fingerprint density at radius 2 is 1.21 bits per heavy atom. The molecule has 0 heterocycles. The number of carboxylic acids is 1. The molecule has 242 valence electrons. The van der Waals surface area contributed by atoms with E-state index in [2.05, 4.69) is 66.2 Å². The summed E-state index contributed by atoms with van der Waals surface area (Å²) < 4.78 is 11.2. The number of hydrogen-bond donors (Lipinski definition) is 1. The van der Waals surface area contributed by atoms with E-state index in [0.29, 0.717) is 18.9 Å². The Morgan fingerprint density at radius 1 is 0.721 bits per heavy atom. The van der Waals surface area contributed by atoms with Crippen molar-refractivity contribution in [3.05, 3.63) is 59.7 Å². The molecular formula is C36H53BrCl2O4. The summed E-state index contributed by atoms with van der Waals surface area (Å²) in [6.45, 7) is 4.86. The first-order chi connectivity index (χ1) is 20.7. The Morgan fingerprint density at radius 3 is 1.77 bits per heavy atom. The van der Waals surface area contributed by atoms with E-state index < -0.39 is 10.3 Å². The molecule has 0 saturated heterocycles. The predicted octanol–water partition coefficient (Wildman–Crippen LogP) is 11.6. The van der Waals surface area contributed by atoms with Crippen molar-refractivity contribution in [1.29, 1.82) is 0 Å². The van der Waals surface area contributed by atoms with Crippen LogP contribution in [-0.2, 0) is 4.79 Å². The first-order valence-electron chi connectivity index (χ1n) is 16.3. The second-order valence-electron chi connectivity index (χ2n) is 11.9. The second kappa shape index (κ2) is 22.1. The molecule has 7 heteroatoms. The van der Waals surface area contributed by atoms with E-state index in [4.69, 9.17) is 37.8 Å². The average molecular weight is 701 g/mol. The van der Waals surface area contributed by atoms with Gasteiger partial charge in [-0.25, -0.2) is 4.79 Å². The molecule has 1 N–H and O–H groups in total. The van der Waals surface area contributed by atoms with Gasteiger partial charge in [-0.05, 0) is 89.0 Å². The third-order valence-electron chi connectivity index (χ3n) is 8.11. The van der Waals surface area contributed by atoms with Crippen LogP contribution in [0.4, 0.5) is 0 Å². The Hall–Kier alpha value is -1.43. The summed E-state index contributed by atoms with van der Waals surface area (Å²) in [5.41, 5.74) is 2.46. The van der Waals surface area contributed by atoms with Crippen molar-refractivity contribution < 1.29 is 19.4 Å². The molecular weight excluding hydrogens is 647 g/mol. The molecule has 2 aromatic rings. The smallest absolute Gasteiger partial charge is 0.340 e.